The molecule has 0 unspecified atom stereocenters. The van der Waals surface area contributed by atoms with Crippen molar-refractivity contribution in [3.8, 4) is 23.3 Å². The van der Waals surface area contributed by atoms with Gasteiger partial charge in [0.15, 0.2) is 11.6 Å². The molecule has 1 N–H and O–H groups in total. The number of Topliss-reactive ketones (excluding diaryl/α,β-unsaturated/α-hetero) is 2. The number of nitrogens with zero attached hydrogens (tertiary/aromatic N) is 4. The monoisotopic (exact) mass is 1080 g/mol. The van der Waals surface area contributed by atoms with Gasteiger partial charge in [-0.1, -0.05) is 47.5 Å². The fourth-order valence-electron chi connectivity index (χ4n) is 10.9. The van der Waals surface area contributed by atoms with E-state index in [0.717, 1.165) is 41.8 Å². The lowest BCUT2D eigenvalue weighted by Crippen LogP contribution is -2.42. The van der Waals surface area contributed by atoms with Crippen molar-refractivity contribution in [2.45, 2.75) is 108 Å². The lowest BCUT2D eigenvalue weighted by atomic mass is 9.92. The predicted molar refractivity (Wildman–Crippen MR) is 279 cm³/mol. The van der Waals surface area contributed by atoms with Crippen LogP contribution < -0.4 is 18.9 Å². The first-order valence-electron chi connectivity index (χ1n) is 25.9. The summed E-state index contributed by atoms with van der Waals surface area (Å²) < 4.78 is 39.4. The average molecular weight is 1090 g/mol. The molecule has 0 bridgehead atoms. The number of cyclic esters (lactones) is 2. The summed E-state index contributed by atoms with van der Waals surface area (Å²) in [4.78, 5) is 89.8. The number of carboxylic acids is 1. The maximum absolute atomic E-state index is 13.7. The predicted octanol–water partition coefficient (Wildman–Crippen LogP) is 9.77. The van der Waals surface area contributed by atoms with E-state index >= 15 is 0 Å². The van der Waals surface area contributed by atoms with Crippen LogP contribution in [0.4, 0.5) is 9.59 Å². The summed E-state index contributed by atoms with van der Waals surface area (Å²) in [6.07, 6.45) is 11.7. The van der Waals surface area contributed by atoms with E-state index in [1.165, 1.54) is 9.80 Å². The molecule has 404 valence electrons. The minimum absolute atomic E-state index is 0.000146. The second-order valence-electron chi connectivity index (χ2n) is 20.3. The number of esters is 1. The number of pyridine rings is 2. The molecule has 6 heterocycles. The minimum Gasteiger partial charge on any atom is -0.497 e. The van der Waals surface area contributed by atoms with Crippen LogP contribution in [0.5, 0.6) is 23.3 Å². The third-order valence-corrected chi connectivity index (χ3v) is 15.7. The Bertz CT molecular complexity index is 2950. The maximum atomic E-state index is 13.7. The molecule has 4 aliphatic heterocycles. The molecular formula is C56H62Cl2N4O14. The van der Waals surface area contributed by atoms with Crippen molar-refractivity contribution in [2.75, 3.05) is 47.1 Å². The zero-order valence-corrected chi connectivity index (χ0v) is 44.2. The van der Waals surface area contributed by atoms with Crippen LogP contribution in [0.1, 0.15) is 84.0 Å². The molecule has 2 aromatic carbocycles. The smallest absolute Gasteiger partial charge is 0.410 e. The van der Waals surface area contributed by atoms with Crippen LogP contribution >= 0.6 is 23.2 Å². The Labute approximate surface area is 449 Å². The van der Waals surface area contributed by atoms with Gasteiger partial charge in [-0.2, -0.15) is 0 Å². The van der Waals surface area contributed by atoms with Crippen molar-refractivity contribution in [1.29, 1.82) is 0 Å². The van der Waals surface area contributed by atoms with Gasteiger partial charge in [0.25, 0.3) is 0 Å². The molecule has 6 aliphatic rings. The van der Waals surface area contributed by atoms with Crippen LogP contribution in [-0.2, 0) is 33.4 Å². The number of rotatable bonds is 9. The van der Waals surface area contributed by atoms with Gasteiger partial charge in [-0.05, 0) is 129 Å². The van der Waals surface area contributed by atoms with Crippen LogP contribution in [0, 0.1) is 22.7 Å². The van der Waals surface area contributed by atoms with E-state index in [4.69, 9.17) is 56.4 Å². The Morgan fingerprint density at radius 1 is 0.684 bits per heavy atom. The Kier molecular flexibility index (Phi) is 16.6. The van der Waals surface area contributed by atoms with Crippen LogP contribution in [-0.4, -0.2) is 132 Å². The summed E-state index contributed by atoms with van der Waals surface area (Å²) >= 11 is 12.5. The number of carbonyl (C=O) groups excluding carboxylic acids is 5. The Balaban J connectivity index is 0.000000186. The number of allylic oxidation sites excluding steroid dienone is 4. The molecule has 8 atom stereocenters. The molecule has 20 heteroatoms. The highest BCUT2D eigenvalue weighted by Crippen LogP contribution is 2.58. The van der Waals surface area contributed by atoms with Crippen molar-refractivity contribution in [3.63, 3.8) is 0 Å². The number of ketones is 2. The maximum Gasteiger partial charge on any atom is 0.410 e. The molecule has 2 saturated carbocycles. The van der Waals surface area contributed by atoms with Gasteiger partial charge in [-0.3, -0.25) is 29.0 Å². The van der Waals surface area contributed by atoms with Gasteiger partial charge < -0.3 is 38.3 Å². The quantitative estimate of drug-likeness (QED) is 0.0713. The summed E-state index contributed by atoms with van der Waals surface area (Å²) in [5.74, 6) is -0.127. The molecule has 10 rings (SSSR count). The zero-order chi connectivity index (χ0) is 53.7. The minimum atomic E-state index is -1.12. The number of aliphatic carboxylic acids is 1. The first-order valence-corrected chi connectivity index (χ1v) is 26.7. The fraction of sp³-hybridized carbons (Fsp3) is 0.500. The molecule has 2 aromatic heterocycles. The number of aromatic nitrogens is 2. The number of halogens is 2. The number of hydrogen-bond donors (Lipinski definition) is 1. The summed E-state index contributed by atoms with van der Waals surface area (Å²) in [6, 6.07) is 12.7. The number of ether oxygens (including phenoxy) is 7. The number of methoxy groups -OCH3 is 2. The molecule has 76 heavy (non-hydrogen) atoms. The van der Waals surface area contributed by atoms with Gasteiger partial charge in [-0.15, -0.1) is 0 Å². The molecule has 4 fully saturated rings. The van der Waals surface area contributed by atoms with Crippen LogP contribution in [0.25, 0.3) is 21.5 Å². The summed E-state index contributed by atoms with van der Waals surface area (Å²) in [7, 11) is 3.16. The van der Waals surface area contributed by atoms with Crippen molar-refractivity contribution in [1.82, 2.24) is 19.8 Å². The van der Waals surface area contributed by atoms with Crippen LogP contribution in [0.2, 0.25) is 10.3 Å². The molecule has 2 amide bonds. The third kappa shape index (κ3) is 11.8. The number of carboxylic acid groups (broad SMARTS) is 1. The van der Waals surface area contributed by atoms with Gasteiger partial charge in [0.05, 0.1) is 70.0 Å². The van der Waals surface area contributed by atoms with Gasteiger partial charge in [0.2, 0.25) is 11.8 Å². The second-order valence-corrected chi connectivity index (χ2v) is 21.1. The van der Waals surface area contributed by atoms with Gasteiger partial charge >= 0.3 is 24.1 Å². The summed E-state index contributed by atoms with van der Waals surface area (Å²) in [5, 5.41) is 13.4. The molecule has 0 spiro atoms. The van der Waals surface area contributed by atoms with E-state index < -0.39 is 53.3 Å². The average Bonchev–Trinajstić information content (AvgIpc) is 4.18. The normalized spacial score (nSPS) is 28.5. The lowest BCUT2D eigenvalue weighted by molar-refractivity contribution is -0.152. The number of carbonyl (C=O) groups is 6. The summed E-state index contributed by atoms with van der Waals surface area (Å²) in [5.41, 5.74) is -2.00. The standard InChI is InChI=1S/C29H33ClN2O7.C27H29ClN2O7/c1-3-37-27(34)29-15-19(29)8-6-4-5-7-11-38-28(35)32-17-21(14-23(32)24(33)16-29)39-26-22-10-9-20(36-2)12-18(22)13-25(30)31-26;1-35-18-7-8-20-16(10-18)11-23(28)29-24(20)37-19-12-21-22(31)14-27(25(32)33)13-17(27)6-4-2-3-5-9-36-26(34)30(21)15-19/h6,8-10,12-13,19,21,23H,3-5,7,11,14-17H2,1-2H3;4,6-8,10-11,17,19,21H,2-3,5,9,12-15H2,1H3,(H,32,33)/b8-6-;6-4-/t19-,21-,23+,29-;17-,19-,21+,27-/m11/s1. The Morgan fingerprint density at radius 2 is 1.14 bits per heavy atom. The number of hydrogen-bond acceptors (Lipinski definition) is 15. The van der Waals surface area contributed by atoms with Crippen molar-refractivity contribution in [3.05, 3.63) is 83.1 Å². The van der Waals surface area contributed by atoms with Crippen LogP contribution in [0.15, 0.2) is 72.8 Å². The number of amides is 2. The second kappa shape index (κ2) is 23.3. The highest BCUT2D eigenvalue weighted by Gasteiger charge is 2.62. The van der Waals surface area contributed by atoms with E-state index in [1.807, 2.05) is 48.6 Å². The third-order valence-electron chi connectivity index (χ3n) is 15.3. The highest BCUT2D eigenvalue weighted by molar-refractivity contribution is 6.30. The van der Waals surface area contributed by atoms with Gasteiger partial charge in [0.1, 0.15) is 34.0 Å². The van der Waals surface area contributed by atoms with E-state index in [2.05, 4.69) is 9.97 Å². The first-order chi connectivity index (χ1) is 36.6. The molecule has 2 saturated heterocycles. The molecule has 2 aliphatic carbocycles. The summed E-state index contributed by atoms with van der Waals surface area (Å²) in [6.45, 7) is 2.79. The number of fused-ring (bicyclic) bond motifs is 6. The topological polar surface area (TPSA) is 220 Å². The highest BCUT2D eigenvalue weighted by atomic mass is 35.5. The number of benzene rings is 2. The lowest BCUT2D eigenvalue weighted by Gasteiger charge is -2.24. The first kappa shape index (κ1) is 54.1. The molecule has 4 aromatic rings. The van der Waals surface area contributed by atoms with Crippen LogP contribution in [0.3, 0.4) is 0 Å². The van der Waals surface area contributed by atoms with Crippen molar-refractivity contribution >= 4 is 80.4 Å². The van der Waals surface area contributed by atoms with Crippen molar-refractivity contribution in [2.24, 2.45) is 22.7 Å². The molecule has 18 nitrogen and oxygen atoms in total. The fourth-order valence-corrected chi connectivity index (χ4v) is 11.3. The molecule has 0 radical (unpaired) electrons. The van der Waals surface area contributed by atoms with E-state index in [-0.39, 0.29) is 104 Å². The SMILES string of the molecule is CCOC(=O)[C@]12CC(=O)[C@@H]3C[C@@H](Oc4nc(Cl)cc5cc(OC)ccc45)CN3C(=O)OCCCC/C=C\[C@@H]1C2.COc1ccc2c(O[C@@H]3C[C@H]4C(=O)C[C@]5(C(=O)O)C[C@H]5/C=C\CCCCOC(=O)N4C3)nc(Cl)cc2c1. The largest absolute Gasteiger partial charge is 0.497 e. The molecular weight excluding hydrogens is 1020 g/mol. The van der Waals surface area contributed by atoms with E-state index in [9.17, 15) is 33.9 Å². The Morgan fingerprint density at radius 3 is 1.61 bits per heavy atom. The van der Waals surface area contributed by atoms with E-state index in [1.54, 1.807) is 45.4 Å². The van der Waals surface area contributed by atoms with Gasteiger partial charge in [-0.25, -0.2) is 19.6 Å². The van der Waals surface area contributed by atoms with E-state index in [0.29, 0.717) is 48.4 Å². The van der Waals surface area contributed by atoms with Gasteiger partial charge in [0, 0.05) is 36.5 Å². The van der Waals surface area contributed by atoms with Crippen molar-refractivity contribution < 1.29 is 67.0 Å². The zero-order valence-electron chi connectivity index (χ0n) is 42.7. The Hall–Kier alpha value is -6.66.